The maximum Gasteiger partial charge on any atom is 0.266 e. The van der Waals surface area contributed by atoms with Crippen molar-refractivity contribution in [1.29, 1.82) is 0 Å². The fraction of sp³-hybridized carbons (Fsp3) is 0.962. The molecule has 0 saturated heterocycles. The Morgan fingerprint density at radius 3 is 1.24 bits per heavy atom. The lowest BCUT2D eigenvalue weighted by molar-refractivity contribution is -0.183. The van der Waals surface area contributed by atoms with Crippen molar-refractivity contribution in [3.63, 3.8) is 0 Å². The van der Waals surface area contributed by atoms with Gasteiger partial charge < -0.3 is 20.8 Å². The van der Waals surface area contributed by atoms with Gasteiger partial charge in [-0.15, -0.1) is 0 Å². The first-order valence-corrected chi connectivity index (χ1v) is 29.9. The summed E-state index contributed by atoms with van der Waals surface area (Å²) in [5.74, 6) is 5.70. The summed E-state index contributed by atoms with van der Waals surface area (Å²) in [6, 6.07) is 0. The first-order valence-electron chi connectivity index (χ1n) is 26.7. The third kappa shape index (κ3) is 9.71. The molecule has 8 fully saturated rings. The van der Waals surface area contributed by atoms with Crippen LogP contribution in [0.2, 0.25) is 0 Å². The second-order valence-electron chi connectivity index (χ2n) is 25.4. The van der Waals surface area contributed by atoms with Crippen LogP contribution in [0.4, 0.5) is 0 Å². The Labute approximate surface area is 398 Å². The number of hydrogen-bond donors (Lipinski definition) is 6. The molecule has 6 N–H and O–H groups in total. The molecule has 378 valence electrons. The van der Waals surface area contributed by atoms with Gasteiger partial charge in [-0.2, -0.15) is 16.8 Å². The van der Waals surface area contributed by atoms with Gasteiger partial charge >= 0.3 is 0 Å². The average molecular weight is 965 g/mol. The smallest absolute Gasteiger partial charge is 0.266 e. The first kappa shape index (κ1) is 51.0. The largest absolute Gasteiger partial charge is 0.393 e. The Morgan fingerprint density at radius 2 is 0.879 bits per heavy atom. The number of carbonyl (C=O) groups is 2. The van der Waals surface area contributed by atoms with Gasteiger partial charge in [-0.25, -0.2) is 0 Å². The van der Waals surface area contributed by atoms with Gasteiger partial charge in [0.25, 0.3) is 20.2 Å². The summed E-state index contributed by atoms with van der Waals surface area (Å²) in [5.41, 5.74) is 0.809. The van der Waals surface area contributed by atoms with E-state index >= 15 is 0 Å². The molecule has 0 aromatic carbocycles. The lowest BCUT2D eigenvalue weighted by Gasteiger charge is -2.64. The number of aliphatic hydroxyl groups excluding tert-OH is 2. The van der Waals surface area contributed by atoms with Crippen LogP contribution in [-0.2, 0) is 29.8 Å². The average Bonchev–Trinajstić information content (AvgIpc) is 3.78. The molecule has 20 atom stereocenters. The molecule has 2 amide bonds. The number of rotatable bonds is 15. The highest BCUT2D eigenvalue weighted by atomic mass is 32.2. The Bertz CT molecular complexity index is 1860. The van der Waals surface area contributed by atoms with Crippen molar-refractivity contribution >= 4 is 32.1 Å². The van der Waals surface area contributed by atoms with Gasteiger partial charge in [0.1, 0.15) is 0 Å². The van der Waals surface area contributed by atoms with E-state index in [1.54, 1.807) is 0 Å². The van der Waals surface area contributed by atoms with Crippen LogP contribution in [0.5, 0.6) is 0 Å². The minimum atomic E-state index is -4.10. The minimum absolute atomic E-state index is 0.0751. The molecule has 66 heavy (non-hydrogen) atoms. The van der Waals surface area contributed by atoms with Gasteiger partial charge in [0.15, 0.2) is 0 Å². The Hall–Kier alpha value is -1.32. The molecule has 12 nitrogen and oxygen atoms in total. The predicted octanol–water partition coefficient (Wildman–Crippen LogP) is 8.32. The van der Waals surface area contributed by atoms with Crippen molar-refractivity contribution < 1.29 is 45.7 Å². The molecule has 0 aromatic rings. The van der Waals surface area contributed by atoms with Crippen LogP contribution in [0.25, 0.3) is 0 Å². The summed E-state index contributed by atoms with van der Waals surface area (Å²) in [6.45, 7) is 14.6. The molecule has 8 rings (SSSR count). The number of carbonyl (C=O) groups excluding carboxylic acids is 2. The van der Waals surface area contributed by atoms with E-state index in [4.69, 9.17) is 9.11 Å². The standard InChI is InChI=1S/C52H88N2O10S2/c1-31(7-13-45(57)53-23-25-65(59,60)61)37-9-11-39-47-41(17-21-51(37,39)5)49(3)19-15-33(27-35(49)29-43(47)55)34-16-20-50(4)36(28-34)30-44(56)48-40-12-10-38(52(40,6)22-18-42(48)50)32(2)8-14-46(58)54-24-26-66(62,63)64/h31-44,47-48,55-56H,7-30H2,1-6H3,(H,53,57)(H,54,58)(H,59,60,61)(H,62,63,64)/t31-,32-,33?,34?,35?,36?,37-,38-,39+,40?,41?,42?,43+,44+,47+,48+,49+,50+,51-,52-/m1/s1. The van der Waals surface area contributed by atoms with Crippen LogP contribution in [0, 0.1) is 105 Å². The normalized spacial score (nSPS) is 46.3. The lowest BCUT2D eigenvalue weighted by atomic mass is 9.41. The van der Waals surface area contributed by atoms with E-state index in [1.807, 2.05) is 0 Å². The van der Waals surface area contributed by atoms with Gasteiger partial charge in [-0.1, -0.05) is 41.5 Å². The Balaban J connectivity index is 0.848. The molecular weight excluding hydrogens is 877 g/mol. The third-order valence-corrected chi connectivity index (χ3v) is 24.1. The van der Waals surface area contributed by atoms with Gasteiger partial charge in [-0.3, -0.25) is 18.7 Å². The molecular formula is C52H88N2O10S2. The fourth-order valence-electron chi connectivity index (χ4n) is 19.3. The van der Waals surface area contributed by atoms with Crippen molar-refractivity contribution in [2.75, 3.05) is 24.6 Å². The van der Waals surface area contributed by atoms with Crippen molar-refractivity contribution in [2.24, 2.45) is 105 Å². The summed E-state index contributed by atoms with van der Waals surface area (Å²) in [5, 5.41) is 29.8. The zero-order valence-electron chi connectivity index (χ0n) is 41.3. The van der Waals surface area contributed by atoms with E-state index in [1.165, 1.54) is 64.2 Å². The van der Waals surface area contributed by atoms with Crippen molar-refractivity contribution in [3.8, 4) is 0 Å². The van der Waals surface area contributed by atoms with Gasteiger partial charge in [0.2, 0.25) is 11.8 Å². The highest BCUT2D eigenvalue weighted by Crippen LogP contribution is 2.72. The Morgan fingerprint density at radius 1 is 0.530 bits per heavy atom. The zero-order chi connectivity index (χ0) is 47.8. The first-order chi connectivity index (χ1) is 30.9. The van der Waals surface area contributed by atoms with E-state index in [9.17, 15) is 36.6 Å². The van der Waals surface area contributed by atoms with Gasteiger partial charge in [-0.05, 0) is 220 Å². The third-order valence-electron chi connectivity index (χ3n) is 22.7. The summed E-state index contributed by atoms with van der Waals surface area (Å²) in [4.78, 5) is 25.1. The zero-order valence-corrected chi connectivity index (χ0v) is 42.9. The molecule has 8 saturated carbocycles. The second-order valence-corrected chi connectivity index (χ2v) is 28.6. The van der Waals surface area contributed by atoms with Crippen LogP contribution in [0.15, 0.2) is 0 Å². The molecule has 0 radical (unpaired) electrons. The van der Waals surface area contributed by atoms with E-state index < -0.39 is 31.7 Å². The monoisotopic (exact) mass is 965 g/mol. The topological polar surface area (TPSA) is 207 Å². The van der Waals surface area contributed by atoms with Crippen molar-refractivity contribution in [3.05, 3.63) is 0 Å². The van der Waals surface area contributed by atoms with E-state index in [-0.39, 0.29) is 58.8 Å². The molecule has 0 aromatic heterocycles. The number of fused-ring (bicyclic) bond motifs is 10. The summed E-state index contributed by atoms with van der Waals surface area (Å²) in [6.07, 6.45) is 20.4. The number of aliphatic hydroxyl groups is 2. The Kier molecular flexibility index (Phi) is 14.7. The van der Waals surface area contributed by atoms with Gasteiger partial charge in [0, 0.05) is 25.9 Å². The maximum absolute atomic E-state index is 12.6. The van der Waals surface area contributed by atoms with E-state index in [0.29, 0.717) is 95.7 Å². The molecule has 0 aliphatic heterocycles. The summed E-state index contributed by atoms with van der Waals surface area (Å²) in [7, 11) is -8.21. The van der Waals surface area contributed by atoms with Gasteiger partial charge in [0.05, 0.1) is 23.7 Å². The quantitative estimate of drug-likeness (QED) is 0.0866. The second kappa shape index (κ2) is 19.0. The number of amides is 2. The van der Waals surface area contributed by atoms with E-state index in [2.05, 4.69) is 52.2 Å². The molecule has 0 spiro atoms. The molecule has 14 heteroatoms. The van der Waals surface area contributed by atoms with Crippen LogP contribution in [0.1, 0.15) is 170 Å². The van der Waals surface area contributed by atoms with Crippen LogP contribution in [-0.4, -0.2) is 84.8 Å². The van der Waals surface area contributed by atoms with Crippen LogP contribution >= 0.6 is 0 Å². The highest BCUT2D eigenvalue weighted by molar-refractivity contribution is 7.86. The molecule has 7 unspecified atom stereocenters. The summed E-state index contributed by atoms with van der Waals surface area (Å²) >= 11 is 0. The number of hydrogen-bond acceptors (Lipinski definition) is 8. The fourth-order valence-corrected chi connectivity index (χ4v) is 20.0. The molecule has 0 bridgehead atoms. The lowest BCUT2D eigenvalue weighted by Crippen LogP contribution is -2.59. The SMILES string of the molecule is C[C@H](CCC(=O)NCCS(=O)(=O)O)[C@H]1CC[C@H]2[C@H]3C(CC[C@]12C)[C@@]1(C)CCC(C2CC[C@@]4(C)C(C2)C[C@H](O)[C@@H]2C4CC[C@@]4(C)C2CC[C@@H]4[C@H](C)CCC(=O)NCCS(=O)(=O)O)CC1C[C@@H]3O. The van der Waals surface area contributed by atoms with E-state index in [0.717, 1.165) is 51.4 Å². The van der Waals surface area contributed by atoms with Crippen molar-refractivity contribution in [2.45, 2.75) is 182 Å². The molecule has 0 heterocycles. The van der Waals surface area contributed by atoms with Crippen LogP contribution in [0.3, 0.4) is 0 Å². The molecule has 8 aliphatic carbocycles. The predicted molar refractivity (Wildman–Crippen MR) is 256 cm³/mol. The van der Waals surface area contributed by atoms with Crippen molar-refractivity contribution in [1.82, 2.24) is 10.6 Å². The summed E-state index contributed by atoms with van der Waals surface area (Å²) < 4.78 is 62.4. The minimum Gasteiger partial charge on any atom is -0.393 e. The van der Waals surface area contributed by atoms with Crippen LogP contribution < -0.4 is 10.6 Å². The number of nitrogens with one attached hydrogen (secondary N) is 2. The highest BCUT2D eigenvalue weighted by Gasteiger charge is 2.65. The maximum atomic E-state index is 12.6. The molecule has 8 aliphatic rings.